The number of piperazine rings is 1. The Hall–Kier alpha value is -3.19. The third kappa shape index (κ3) is 4.89. The van der Waals surface area contributed by atoms with Gasteiger partial charge in [-0.1, -0.05) is 41.9 Å². The zero-order chi connectivity index (χ0) is 26.2. The van der Waals surface area contributed by atoms with Crippen molar-refractivity contribution in [2.75, 3.05) is 50.4 Å². The summed E-state index contributed by atoms with van der Waals surface area (Å²) in [5, 5.41) is 1.35. The van der Waals surface area contributed by atoms with Crippen LogP contribution in [-0.4, -0.2) is 74.0 Å². The third-order valence-electron chi connectivity index (χ3n) is 7.46. The second-order valence-electron chi connectivity index (χ2n) is 9.63. The summed E-state index contributed by atoms with van der Waals surface area (Å²) in [6.45, 7) is 10.3. The third-order valence-corrected chi connectivity index (χ3v) is 9.00. The maximum absolute atomic E-state index is 13.8. The number of pyridine rings is 1. The maximum atomic E-state index is 13.8. The molecule has 192 valence electrons. The molecule has 3 heterocycles. The number of fused-ring (bicyclic) bond motifs is 1. The van der Waals surface area contributed by atoms with Gasteiger partial charge in [0.05, 0.1) is 23.0 Å². The highest BCUT2D eigenvalue weighted by atomic mass is 35.5. The molecule has 2 aliphatic heterocycles. The quantitative estimate of drug-likeness (QED) is 0.470. The number of hydrogen-bond donors (Lipinski definition) is 0. The molecule has 0 aliphatic carbocycles. The number of halogens is 1. The first-order valence-electron chi connectivity index (χ1n) is 12.2. The molecule has 5 rings (SSSR count). The number of carbonyl (C=O) groups is 1. The smallest absolute Gasteiger partial charge is 0.260 e. The molecule has 1 aromatic heterocycles. The molecule has 0 bridgehead atoms. The van der Waals surface area contributed by atoms with Gasteiger partial charge in [-0.25, -0.2) is 15.0 Å². The zero-order valence-corrected chi connectivity index (χ0v) is 22.2. The van der Waals surface area contributed by atoms with E-state index < -0.39 is 15.6 Å². The number of sulfonamides is 1. The van der Waals surface area contributed by atoms with E-state index in [4.69, 9.17) is 18.2 Å². The van der Waals surface area contributed by atoms with E-state index in [-0.39, 0.29) is 19.0 Å². The Labute approximate surface area is 222 Å². The first-order chi connectivity index (χ1) is 17.7. The normalized spacial score (nSPS) is 18.5. The van der Waals surface area contributed by atoms with Crippen molar-refractivity contribution in [1.82, 2.24) is 14.2 Å². The van der Waals surface area contributed by atoms with Crippen LogP contribution < -0.4 is 4.90 Å². The SMILES string of the molecule is [C-]#[N+]C1(c2ccccc2)CCN(c2c(C(=O)N3CCN(S(C)(=O)=O)CC3)cnc3ccc(Cl)cc23)CC1. The topological polar surface area (TPSA) is 78.2 Å². The van der Waals surface area contributed by atoms with Crippen LogP contribution in [0.4, 0.5) is 5.69 Å². The molecule has 0 radical (unpaired) electrons. The molecule has 0 N–H and O–H groups in total. The molecule has 0 unspecified atom stereocenters. The fourth-order valence-electron chi connectivity index (χ4n) is 5.35. The van der Waals surface area contributed by atoms with Crippen molar-refractivity contribution in [3.8, 4) is 0 Å². The molecule has 2 saturated heterocycles. The number of rotatable bonds is 4. The molecular weight excluding hydrogens is 510 g/mol. The monoisotopic (exact) mass is 537 g/mol. The first kappa shape index (κ1) is 25.5. The van der Waals surface area contributed by atoms with Crippen molar-refractivity contribution >= 4 is 44.1 Å². The molecule has 8 nitrogen and oxygen atoms in total. The average Bonchev–Trinajstić information content (AvgIpc) is 2.92. The second kappa shape index (κ2) is 9.93. The van der Waals surface area contributed by atoms with Gasteiger partial charge in [0.15, 0.2) is 0 Å². The van der Waals surface area contributed by atoms with Crippen LogP contribution >= 0.6 is 11.6 Å². The molecule has 0 atom stereocenters. The van der Waals surface area contributed by atoms with E-state index in [1.165, 1.54) is 10.6 Å². The minimum atomic E-state index is -3.30. The van der Waals surface area contributed by atoms with E-state index >= 15 is 0 Å². The van der Waals surface area contributed by atoms with Crippen molar-refractivity contribution in [3.05, 3.63) is 82.3 Å². The van der Waals surface area contributed by atoms with E-state index in [0.29, 0.717) is 49.6 Å². The van der Waals surface area contributed by atoms with Crippen LogP contribution in [0.2, 0.25) is 5.02 Å². The van der Waals surface area contributed by atoms with E-state index in [1.807, 2.05) is 42.5 Å². The number of hydrogen-bond acceptors (Lipinski definition) is 5. The molecule has 3 aromatic rings. The van der Waals surface area contributed by atoms with Crippen molar-refractivity contribution < 1.29 is 13.2 Å². The molecule has 10 heteroatoms. The number of amides is 1. The van der Waals surface area contributed by atoms with Gasteiger partial charge in [0, 0.05) is 74.3 Å². The average molecular weight is 538 g/mol. The van der Waals surface area contributed by atoms with Crippen molar-refractivity contribution in [2.24, 2.45) is 0 Å². The van der Waals surface area contributed by atoms with E-state index in [1.54, 1.807) is 17.2 Å². The molecule has 2 aliphatic rings. The summed E-state index contributed by atoms with van der Waals surface area (Å²) in [6, 6.07) is 15.4. The molecule has 2 fully saturated rings. The van der Waals surface area contributed by atoms with Crippen LogP contribution in [0, 0.1) is 6.57 Å². The summed E-state index contributed by atoms with van der Waals surface area (Å²) >= 11 is 6.37. The van der Waals surface area contributed by atoms with Gasteiger partial charge in [-0.2, -0.15) is 4.31 Å². The van der Waals surface area contributed by atoms with Crippen LogP contribution in [0.25, 0.3) is 15.7 Å². The summed E-state index contributed by atoms with van der Waals surface area (Å²) in [5.41, 5.74) is 2.41. The lowest BCUT2D eigenvalue weighted by molar-refractivity contribution is 0.0698. The fraction of sp³-hybridized carbons (Fsp3) is 0.370. The van der Waals surface area contributed by atoms with Gasteiger partial charge >= 0.3 is 0 Å². The van der Waals surface area contributed by atoms with Crippen molar-refractivity contribution in [1.29, 1.82) is 0 Å². The zero-order valence-electron chi connectivity index (χ0n) is 20.6. The predicted octanol–water partition coefficient (Wildman–Crippen LogP) is 4.02. The van der Waals surface area contributed by atoms with Gasteiger partial charge in [0.2, 0.25) is 10.0 Å². The molecule has 1 amide bonds. The molecule has 0 saturated carbocycles. The molecule has 2 aromatic carbocycles. The Morgan fingerprint density at radius 2 is 1.70 bits per heavy atom. The maximum Gasteiger partial charge on any atom is 0.260 e. The number of carbonyl (C=O) groups excluding carboxylic acids is 1. The van der Waals surface area contributed by atoms with Crippen LogP contribution in [-0.2, 0) is 15.6 Å². The van der Waals surface area contributed by atoms with Crippen molar-refractivity contribution in [3.63, 3.8) is 0 Å². The van der Waals surface area contributed by atoms with Gasteiger partial charge in [-0.05, 0) is 18.2 Å². The molecule has 0 spiro atoms. The fourth-order valence-corrected chi connectivity index (χ4v) is 6.35. The Kier molecular flexibility index (Phi) is 6.84. The highest BCUT2D eigenvalue weighted by Crippen LogP contribution is 2.41. The summed E-state index contributed by atoms with van der Waals surface area (Å²) in [5.74, 6) is -0.178. The van der Waals surface area contributed by atoms with Crippen LogP contribution in [0.3, 0.4) is 0 Å². The van der Waals surface area contributed by atoms with E-state index in [9.17, 15) is 13.2 Å². The van der Waals surface area contributed by atoms with Gasteiger partial charge in [-0.15, -0.1) is 0 Å². The summed E-state index contributed by atoms with van der Waals surface area (Å²) in [4.78, 5) is 26.3. The highest BCUT2D eigenvalue weighted by molar-refractivity contribution is 7.88. The Balaban J connectivity index is 1.48. The number of benzene rings is 2. The lowest BCUT2D eigenvalue weighted by Gasteiger charge is -2.38. The summed E-state index contributed by atoms with van der Waals surface area (Å²) < 4.78 is 25.2. The van der Waals surface area contributed by atoms with Crippen LogP contribution in [0.1, 0.15) is 28.8 Å². The lowest BCUT2D eigenvalue weighted by Crippen LogP contribution is -2.50. The predicted molar refractivity (Wildman–Crippen MR) is 145 cm³/mol. The standard InChI is InChI=1S/C27H28ClN5O3S/c1-29-27(20-6-4-3-5-7-20)10-12-31(13-11-27)25-22-18-21(28)8-9-24(22)30-19-23(25)26(34)32-14-16-33(17-15-32)37(2,35)36/h3-9,18-19H,10-17H2,2H3. The van der Waals surface area contributed by atoms with Gasteiger partial charge in [0.1, 0.15) is 0 Å². The second-order valence-corrected chi connectivity index (χ2v) is 12.1. The van der Waals surface area contributed by atoms with Gasteiger partial charge in [0.25, 0.3) is 11.4 Å². The number of piperidine rings is 1. The Morgan fingerprint density at radius 1 is 1.03 bits per heavy atom. The summed E-state index contributed by atoms with van der Waals surface area (Å²) in [6.07, 6.45) is 4.07. The summed E-state index contributed by atoms with van der Waals surface area (Å²) in [7, 11) is -3.30. The van der Waals surface area contributed by atoms with Crippen LogP contribution in [0.5, 0.6) is 0 Å². The lowest BCUT2D eigenvalue weighted by atomic mass is 9.81. The minimum Gasteiger partial charge on any atom is -0.370 e. The molecular formula is C27H28ClN5O3S. The number of anilines is 1. The van der Waals surface area contributed by atoms with Gasteiger partial charge in [-0.3, -0.25) is 9.78 Å². The molecule has 37 heavy (non-hydrogen) atoms. The Morgan fingerprint density at radius 3 is 2.32 bits per heavy atom. The largest absolute Gasteiger partial charge is 0.370 e. The van der Waals surface area contributed by atoms with Gasteiger partial charge < -0.3 is 14.6 Å². The van der Waals surface area contributed by atoms with Crippen LogP contribution in [0.15, 0.2) is 54.7 Å². The van der Waals surface area contributed by atoms with E-state index in [0.717, 1.165) is 22.2 Å². The van der Waals surface area contributed by atoms with E-state index in [2.05, 4.69) is 14.7 Å². The first-order valence-corrected chi connectivity index (χ1v) is 14.5. The Bertz CT molecular complexity index is 1470. The number of nitrogens with zero attached hydrogens (tertiary/aromatic N) is 5. The highest BCUT2D eigenvalue weighted by Gasteiger charge is 2.43. The van der Waals surface area contributed by atoms with Crippen molar-refractivity contribution in [2.45, 2.75) is 18.4 Å². The minimum absolute atomic E-state index is 0.178. The number of aromatic nitrogens is 1.